The third kappa shape index (κ3) is 3.63. The lowest BCUT2D eigenvalue weighted by Gasteiger charge is -2.25. The van der Waals surface area contributed by atoms with E-state index in [9.17, 15) is 12.8 Å². The fourth-order valence-electron chi connectivity index (χ4n) is 3.43. The Kier molecular flexibility index (Phi) is 5.10. The monoisotopic (exact) mass is 432 g/mol. The number of methoxy groups -OCH3 is 1. The van der Waals surface area contributed by atoms with Crippen molar-refractivity contribution in [2.75, 3.05) is 22.3 Å². The van der Waals surface area contributed by atoms with Crippen molar-refractivity contribution in [3.05, 3.63) is 89.2 Å². The maximum Gasteiger partial charge on any atom is 0.327 e. The van der Waals surface area contributed by atoms with Crippen molar-refractivity contribution < 1.29 is 17.5 Å². The van der Waals surface area contributed by atoms with Crippen molar-refractivity contribution in [3.63, 3.8) is 0 Å². The van der Waals surface area contributed by atoms with E-state index < -0.39 is 22.1 Å². The molecule has 0 radical (unpaired) electrons. The van der Waals surface area contributed by atoms with Crippen LogP contribution in [0.25, 0.3) is 0 Å². The van der Waals surface area contributed by atoms with Crippen LogP contribution in [0, 0.1) is 5.82 Å². The first-order chi connectivity index (χ1) is 13.9. The highest BCUT2D eigenvalue weighted by atomic mass is 35.5. The maximum atomic E-state index is 13.5. The normalized spacial score (nSPS) is 18.1. The Labute approximate surface area is 174 Å². The van der Waals surface area contributed by atoms with E-state index >= 15 is 0 Å². The predicted molar refractivity (Wildman–Crippen MR) is 112 cm³/mol. The van der Waals surface area contributed by atoms with Crippen molar-refractivity contribution in [3.8, 4) is 5.75 Å². The third-order valence-electron chi connectivity index (χ3n) is 4.82. The highest BCUT2D eigenvalue weighted by molar-refractivity contribution is 7.94. The van der Waals surface area contributed by atoms with Gasteiger partial charge in [-0.3, -0.25) is 4.31 Å². The second kappa shape index (κ2) is 7.57. The van der Waals surface area contributed by atoms with Crippen LogP contribution in [0.2, 0.25) is 5.02 Å². The maximum absolute atomic E-state index is 13.5. The van der Waals surface area contributed by atoms with Crippen molar-refractivity contribution in [1.29, 1.82) is 0 Å². The highest BCUT2D eigenvalue weighted by Crippen LogP contribution is 2.41. The largest absolute Gasteiger partial charge is 0.497 e. The number of rotatable bonds is 4. The average molecular weight is 433 g/mol. The van der Waals surface area contributed by atoms with Crippen molar-refractivity contribution in [2.24, 2.45) is 0 Å². The molecule has 3 aromatic carbocycles. The van der Waals surface area contributed by atoms with E-state index in [0.717, 1.165) is 5.56 Å². The van der Waals surface area contributed by atoms with Gasteiger partial charge in [0.2, 0.25) is 0 Å². The molecule has 0 saturated carbocycles. The Bertz CT molecular complexity index is 1120. The number of benzene rings is 3. The minimum absolute atomic E-state index is 0.170. The van der Waals surface area contributed by atoms with Crippen molar-refractivity contribution in [1.82, 2.24) is 0 Å². The molecule has 0 spiro atoms. The van der Waals surface area contributed by atoms with Gasteiger partial charge in [0.05, 0.1) is 31.1 Å². The van der Waals surface area contributed by atoms with Gasteiger partial charge in [-0.1, -0.05) is 23.7 Å². The molecule has 1 aliphatic heterocycles. The molecule has 5 nitrogen and oxygen atoms in total. The fourth-order valence-corrected chi connectivity index (χ4v) is 5.38. The molecule has 8 heteroatoms. The summed E-state index contributed by atoms with van der Waals surface area (Å²) in [5.41, 5.74) is 1.68. The summed E-state index contributed by atoms with van der Waals surface area (Å²) in [5, 5.41) is 0.513. The number of halogens is 2. The highest BCUT2D eigenvalue weighted by Gasteiger charge is 2.45. The minimum Gasteiger partial charge on any atom is -0.497 e. The van der Waals surface area contributed by atoms with Gasteiger partial charge in [0.25, 0.3) is 0 Å². The molecule has 0 bridgehead atoms. The summed E-state index contributed by atoms with van der Waals surface area (Å²) in [4.78, 5) is 0. The molecule has 0 amide bonds. The molecule has 0 N–H and O–H groups in total. The first kappa shape index (κ1) is 19.5. The molecule has 29 heavy (non-hydrogen) atoms. The molecule has 1 aliphatic rings. The van der Waals surface area contributed by atoms with Crippen LogP contribution < -0.4 is 13.3 Å². The van der Waals surface area contributed by atoms with Crippen LogP contribution in [0.3, 0.4) is 0 Å². The first-order valence-electron chi connectivity index (χ1n) is 8.87. The Morgan fingerprint density at radius 3 is 2.31 bits per heavy atom. The summed E-state index contributed by atoms with van der Waals surface area (Å²) in [6.07, 6.45) is 0. The van der Waals surface area contributed by atoms with Crippen LogP contribution >= 0.6 is 11.6 Å². The first-order valence-corrected chi connectivity index (χ1v) is 10.6. The Balaban J connectivity index is 1.84. The summed E-state index contributed by atoms with van der Waals surface area (Å²) in [6, 6.07) is 18.8. The molecule has 1 atom stereocenters. The zero-order valence-electron chi connectivity index (χ0n) is 15.5. The summed E-state index contributed by atoms with van der Waals surface area (Å²) in [6.45, 7) is 0.170. The van der Waals surface area contributed by atoms with Crippen molar-refractivity contribution >= 4 is 33.2 Å². The second-order valence-corrected chi connectivity index (χ2v) is 8.75. The Morgan fingerprint density at radius 1 is 1.00 bits per heavy atom. The SMILES string of the molecule is COc1cccc(C2CN(c3ccc(F)cc3)S(=O)(=O)N2c2ccc(Cl)cc2)c1. The van der Waals surface area contributed by atoms with Gasteiger partial charge in [-0.05, 0) is 66.2 Å². The molecule has 1 fully saturated rings. The van der Waals surface area contributed by atoms with Crippen LogP contribution in [0.5, 0.6) is 5.75 Å². The van der Waals surface area contributed by atoms with Gasteiger partial charge in [-0.25, -0.2) is 8.70 Å². The average Bonchev–Trinajstić information content (AvgIpc) is 3.00. The number of hydrogen-bond donors (Lipinski definition) is 0. The number of anilines is 2. The lowest BCUT2D eigenvalue weighted by Crippen LogP contribution is -2.33. The second-order valence-electron chi connectivity index (χ2n) is 6.58. The zero-order valence-corrected chi connectivity index (χ0v) is 17.1. The summed E-state index contributed by atoms with van der Waals surface area (Å²) >= 11 is 5.99. The van der Waals surface area contributed by atoms with Crippen molar-refractivity contribution in [2.45, 2.75) is 6.04 Å². The van der Waals surface area contributed by atoms with Gasteiger partial charge >= 0.3 is 10.2 Å². The van der Waals surface area contributed by atoms with E-state index in [1.54, 1.807) is 37.4 Å². The molecule has 0 aromatic heterocycles. The summed E-state index contributed by atoms with van der Waals surface area (Å²) in [7, 11) is -2.35. The zero-order chi connectivity index (χ0) is 20.6. The standard InChI is InChI=1S/C21H18ClFN2O3S/c1-28-20-4-2-3-15(13-20)21-14-24(18-11-7-17(23)8-12-18)29(26,27)25(21)19-9-5-16(22)6-10-19/h2-13,21H,14H2,1H3. The molecule has 1 heterocycles. The predicted octanol–water partition coefficient (Wildman–Crippen LogP) is 4.80. The fraction of sp³-hybridized carbons (Fsp3) is 0.143. The number of nitrogens with zero attached hydrogens (tertiary/aromatic N) is 2. The Morgan fingerprint density at radius 2 is 1.66 bits per heavy atom. The summed E-state index contributed by atoms with van der Waals surface area (Å²) < 4.78 is 48.3. The van der Waals surface area contributed by atoms with Gasteiger partial charge in [-0.15, -0.1) is 0 Å². The molecule has 150 valence electrons. The quantitative estimate of drug-likeness (QED) is 0.595. The van der Waals surface area contributed by atoms with Crippen LogP contribution in [-0.4, -0.2) is 22.1 Å². The summed E-state index contributed by atoms with van der Waals surface area (Å²) in [5.74, 6) is 0.209. The molecule has 0 aliphatic carbocycles. The Hall–Kier alpha value is -2.77. The van der Waals surface area contributed by atoms with E-state index in [0.29, 0.717) is 22.1 Å². The topological polar surface area (TPSA) is 49.9 Å². The molecule has 1 saturated heterocycles. The number of ether oxygens (including phenoxy) is 1. The van der Waals surface area contributed by atoms with E-state index in [-0.39, 0.29) is 6.54 Å². The molecular formula is C21H18ClFN2O3S. The van der Waals surface area contributed by atoms with Crippen LogP contribution in [0.1, 0.15) is 11.6 Å². The van der Waals surface area contributed by atoms with Crippen LogP contribution in [-0.2, 0) is 10.2 Å². The lowest BCUT2D eigenvalue weighted by molar-refractivity contribution is 0.414. The van der Waals surface area contributed by atoms with E-state index in [4.69, 9.17) is 16.3 Å². The van der Waals surface area contributed by atoms with Gasteiger partial charge in [-0.2, -0.15) is 8.42 Å². The van der Waals surface area contributed by atoms with Crippen LogP contribution in [0.4, 0.5) is 15.8 Å². The lowest BCUT2D eigenvalue weighted by atomic mass is 10.1. The minimum atomic E-state index is -3.92. The van der Waals surface area contributed by atoms with Gasteiger partial charge in [0.15, 0.2) is 0 Å². The molecule has 3 aromatic rings. The van der Waals surface area contributed by atoms with Gasteiger partial charge in [0, 0.05) is 5.02 Å². The molecular weight excluding hydrogens is 415 g/mol. The third-order valence-corrected chi connectivity index (χ3v) is 6.95. The molecule has 4 rings (SSSR count). The molecule has 1 unspecified atom stereocenters. The van der Waals surface area contributed by atoms with Gasteiger partial charge in [0.1, 0.15) is 11.6 Å². The van der Waals surface area contributed by atoms with Gasteiger partial charge < -0.3 is 4.74 Å². The smallest absolute Gasteiger partial charge is 0.327 e. The number of hydrogen-bond acceptors (Lipinski definition) is 3. The van der Waals surface area contributed by atoms with Crippen LogP contribution in [0.15, 0.2) is 72.8 Å². The van der Waals surface area contributed by atoms with E-state index in [1.165, 1.54) is 32.9 Å². The van der Waals surface area contributed by atoms with E-state index in [2.05, 4.69) is 0 Å². The van der Waals surface area contributed by atoms with E-state index in [1.807, 2.05) is 18.2 Å².